The largest absolute Gasteiger partial charge is 0.402 e. The number of benzene rings is 1. The van der Waals surface area contributed by atoms with Crippen molar-refractivity contribution in [1.82, 2.24) is 29.3 Å². The zero-order chi connectivity index (χ0) is 30.6. The Morgan fingerprint density at radius 3 is 2.65 bits per heavy atom. The Balaban J connectivity index is 1.46. The maximum atomic E-state index is 14.4. The number of aromatic amines is 1. The monoisotopic (exact) mass is 612 g/mol. The summed E-state index contributed by atoms with van der Waals surface area (Å²) < 4.78 is 72.0. The van der Waals surface area contributed by atoms with Crippen molar-refractivity contribution in [3.05, 3.63) is 95.0 Å². The third-order valence-electron chi connectivity index (χ3n) is 8.23. The molecule has 43 heavy (non-hydrogen) atoms. The molecule has 0 aliphatic heterocycles. The number of halogens is 4. The molecule has 0 radical (unpaired) electrons. The summed E-state index contributed by atoms with van der Waals surface area (Å²) in [6.45, 7) is 0.356. The number of carbonyl (C=O) groups is 1. The Morgan fingerprint density at radius 2 is 1.98 bits per heavy atom. The van der Waals surface area contributed by atoms with Gasteiger partial charge in [0.15, 0.2) is 5.78 Å². The van der Waals surface area contributed by atoms with Crippen LogP contribution in [0.1, 0.15) is 46.6 Å². The molecule has 4 aromatic rings. The smallest absolute Gasteiger partial charge is 0.291 e. The fraction of sp³-hybridized carbons (Fsp3) is 0.300. The Labute approximate surface area is 245 Å². The lowest BCUT2D eigenvalue weighted by molar-refractivity contribution is -0.140. The quantitative estimate of drug-likeness (QED) is 0.172. The minimum atomic E-state index is -4.68. The molecule has 8 nitrogen and oxygen atoms in total. The highest BCUT2D eigenvalue weighted by Crippen LogP contribution is 2.51. The summed E-state index contributed by atoms with van der Waals surface area (Å²) in [6, 6.07) is 9.70. The Hall–Kier alpha value is -4.10. The van der Waals surface area contributed by atoms with Gasteiger partial charge in [-0.1, -0.05) is 5.57 Å². The van der Waals surface area contributed by atoms with Gasteiger partial charge in [-0.3, -0.25) is 14.9 Å². The summed E-state index contributed by atoms with van der Waals surface area (Å²) in [5, 5.41) is 10.8. The van der Waals surface area contributed by atoms with Crippen molar-refractivity contribution in [1.29, 1.82) is 0 Å². The van der Waals surface area contributed by atoms with Crippen molar-refractivity contribution in [3.8, 4) is 5.69 Å². The fourth-order valence-corrected chi connectivity index (χ4v) is 7.96. The van der Waals surface area contributed by atoms with E-state index in [4.69, 9.17) is 0 Å². The second-order valence-corrected chi connectivity index (χ2v) is 13.3. The summed E-state index contributed by atoms with van der Waals surface area (Å²) in [6.07, 6.45) is 2.24. The summed E-state index contributed by atoms with van der Waals surface area (Å²) >= 11 is 0. The van der Waals surface area contributed by atoms with E-state index in [2.05, 4.69) is 26.2 Å². The molecule has 13 heteroatoms. The van der Waals surface area contributed by atoms with Crippen LogP contribution < -0.4 is 0 Å². The number of nitrogens with one attached hydrogen (secondary N) is 1. The van der Waals surface area contributed by atoms with E-state index in [1.807, 2.05) is 13.0 Å². The molecule has 224 valence electrons. The van der Waals surface area contributed by atoms with Crippen LogP contribution in [0, 0.1) is 18.2 Å². The molecule has 0 spiro atoms. The van der Waals surface area contributed by atoms with Crippen molar-refractivity contribution in [2.45, 2.75) is 49.9 Å². The number of rotatable bonds is 7. The van der Waals surface area contributed by atoms with Gasteiger partial charge in [0.2, 0.25) is 0 Å². The van der Waals surface area contributed by atoms with E-state index < -0.39 is 39.7 Å². The van der Waals surface area contributed by atoms with Gasteiger partial charge in [0, 0.05) is 18.4 Å². The van der Waals surface area contributed by atoms with Crippen LogP contribution in [0.4, 0.5) is 17.6 Å². The number of nitrogens with zero attached hydrogens (tertiary/aromatic N) is 5. The number of aryl methyl sites for hydroxylation is 1. The lowest BCUT2D eigenvalue weighted by Gasteiger charge is -2.47. The number of H-pyrrole nitrogens is 1. The molecule has 0 bridgehead atoms. The first kappa shape index (κ1) is 29.0. The molecule has 3 atom stereocenters. The predicted octanol–water partition coefficient (Wildman–Crippen LogP) is 5.35. The number of hydrogen-bond donors (Lipinski definition) is 1. The van der Waals surface area contributed by atoms with E-state index in [-0.39, 0.29) is 42.2 Å². The normalized spacial score (nSPS) is 21.5. The molecule has 1 aromatic carbocycles. The van der Waals surface area contributed by atoms with Crippen LogP contribution in [0.2, 0.25) is 0 Å². The SMILES string of the molecule is C=S(=O)(c1ccn[nH]1)N(CC(F)(F)F)[C@H]1CCC2=Cc3c(cnn3-c3ccc(F)cc3)C[C@]2(C(=O)c2cc(C)ccn2)C1. The number of aromatic nitrogens is 5. The first-order chi connectivity index (χ1) is 20.4. The van der Waals surface area contributed by atoms with Gasteiger partial charge in [-0.25, -0.2) is 17.6 Å². The molecule has 0 saturated heterocycles. The average Bonchev–Trinajstić information content (AvgIpc) is 3.65. The van der Waals surface area contributed by atoms with Gasteiger partial charge < -0.3 is 0 Å². The van der Waals surface area contributed by atoms with Crippen molar-refractivity contribution in [2.24, 2.45) is 5.41 Å². The Morgan fingerprint density at radius 1 is 1.21 bits per heavy atom. The summed E-state index contributed by atoms with van der Waals surface area (Å²) in [5.41, 5.74) is 2.53. The van der Waals surface area contributed by atoms with Crippen LogP contribution in [0.3, 0.4) is 0 Å². The molecule has 3 heterocycles. The Bertz CT molecular complexity index is 1810. The van der Waals surface area contributed by atoms with E-state index in [0.29, 0.717) is 16.9 Å². The van der Waals surface area contributed by atoms with Crippen LogP contribution >= 0.6 is 0 Å². The van der Waals surface area contributed by atoms with Crippen LogP contribution in [0.15, 0.2) is 71.7 Å². The van der Waals surface area contributed by atoms with Gasteiger partial charge in [0.25, 0.3) is 0 Å². The summed E-state index contributed by atoms with van der Waals surface area (Å²) in [7, 11) is -3.65. The Kier molecular flexibility index (Phi) is 7.12. The second-order valence-electron chi connectivity index (χ2n) is 11.1. The molecule has 1 saturated carbocycles. The third-order valence-corrected chi connectivity index (χ3v) is 10.3. The second kappa shape index (κ2) is 10.6. The summed E-state index contributed by atoms with van der Waals surface area (Å²) in [4.78, 5) is 18.8. The van der Waals surface area contributed by atoms with Crippen molar-refractivity contribution in [3.63, 3.8) is 0 Å². The van der Waals surface area contributed by atoms with E-state index in [9.17, 15) is 26.6 Å². The van der Waals surface area contributed by atoms with Crippen molar-refractivity contribution in [2.75, 3.05) is 6.54 Å². The molecular weight excluding hydrogens is 584 g/mol. The van der Waals surface area contributed by atoms with Gasteiger partial charge in [-0.05, 0) is 98.1 Å². The number of alkyl halides is 3. The molecule has 3 aromatic heterocycles. The number of carbonyl (C=O) groups excluding carboxylic acids is 1. The highest BCUT2D eigenvalue weighted by molar-refractivity contribution is 7.98. The van der Waals surface area contributed by atoms with Gasteiger partial charge in [-0.15, -0.1) is 0 Å². The first-order valence-electron chi connectivity index (χ1n) is 13.6. The van der Waals surface area contributed by atoms with Gasteiger partial charge in [0.05, 0.1) is 32.7 Å². The third kappa shape index (κ3) is 5.31. The lowest BCUT2D eigenvalue weighted by Crippen LogP contribution is -2.52. The first-order valence-corrected chi connectivity index (χ1v) is 15.3. The highest BCUT2D eigenvalue weighted by Gasteiger charge is 2.52. The topological polar surface area (TPSA) is 96.8 Å². The van der Waals surface area contributed by atoms with E-state index >= 15 is 0 Å². The number of ketones is 1. The number of Topliss-reactive ketones (excluding diaryl/α,β-unsaturated/α-hetero) is 1. The molecule has 1 fully saturated rings. The molecule has 1 N–H and O–H groups in total. The van der Waals surface area contributed by atoms with Gasteiger partial charge in [-0.2, -0.15) is 23.4 Å². The number of allylic oxidation sites excluding steroid dienone is 1. The van der Waals surface area contributed by atoms with E-state index in [1.54, 1.807) is 35.1 Å². The van der Waals surface area contributed by atoms with E-state index in [0.717, 1.165) is 15.4 Å². The highest BCUT2D eigenvalue weighted by atomic mass is 32.2. The zero-order valence-electron chi connectivity index (χ0n) is 23.1. The van der Waals surface area contributed by atoms with E-state index in [1.165, 1.54) is 30.6 Å². The number of fused-ring (bicyclic) bond motifs is 2. The molecule has 2 aliphatic rings. The molecule has 1 unspecified atom stereocenters. The molecule has 0 amide bonds. The minimum Gasteiger partial charge on any atom is -0.291 e. The number of hydrogen-bond acceptors (Lipinski definition) is 5. The van der Waals surface area contributed by atoms with Crippen LogP contribution in [-0.4, -0.2) is 63.9 Å². The van der Waals surface area contributed by atoms with Crippen LogP contribution in [0.5, 0.6) is 0 Å². The lowest BCUT2D eigenvalue weighted by atomic mass is 9.60. The van der Waals surface area contributed by atoms with Gasteiger partial charge >= 0.3 is 6.18 Å². The van der Waals surface area contributed by atoms with Crippen LogP contribution in [-0.2, 0) is 16.1 Å². The van der Waals surface area contributed by atoms with Crippen molar-refractivity contribution >= 4 is 27.4 Å². The standard InChI is InChI=1S/C30H28F4N6O2S/c1-19-9-11-35-25(13-19)28(41)29-15-20-17-37-40(23-7-4-22(31)5-8-23)26(20)14-21(29)3-6-24(16-29)39(18-30(32,33)34)43(2,42)27-10-12-36-38-27/h4-5,7-14,17,24H,2-3,6,15-16,18H2,1H3,(H,36,38)/t24-,29-,43?/m0/s1. The molecular formula is C30H28F4N6O2S. The maximum Gasteiger partial charge on any atom is 0.402 e. The maximum absolute atomic E-state index is 14.4. The zero-order valence-corrected chi connectivity index (χ0v) is 24.0. The molecule has 2 aliphatic carbocycles. The average molecular weight is 613 g/mol. The molecule has 6 rings (SSSR count). The fourth-order valence-electron chi connectivity index (χ4n) is 6.22. The van der Waals surface area contributed by atoms with Gasteiger partial charge in [0.1, 0.15) is 23.1 Å². The predicted molar refractivity (Wildman–Crippen MR) is 153 cm³/mol. The summed E-state index contributed by atoms with van der Waals surface area (Å²) in [5.74, 6) is 3.01. The van der Waals surface area contributed by atoms with Crippen molar-refractivity contribution < 1.29 is 26.6 Å². The minimum absolute atomic E-state index is 0.0229. The number of pyridine rings is 1. The van der Waals surface area contributed by atoms with Crippen LogP contribution in [0.25, 0.3) is 11.8 Å².